The van der Waals surface area contributed by atoms with Gasteiger partial charge in [-0.2, -0.15) is 4.31 Å². The van der Waals surface area contributed by atoms with Gasteiger partial charge < -0.3 is 15.9 Å². The van der Waals surface area contributed by atoms with Crippen molar-refractivity contribution in [2.75, 3.05) is 18.8 Å². The first-order valence-electron chi connectivity index (χ1n) is 6.66. The third kappa shape index (κ3) is 2.06. The van der Waals surface area contributed by atoms with Crippen LogP contribution in [0.15, 0.2) is 23.1 Å². The summed E-state index contributed by atoms with van der Waals surface area (Å²) in [5, 5.41) is 19.2. The van der Waals surface area contributed by atoms with E-state index in [1.165, 1.54) is 22.5 Å². The molecule has 1 aliphatic carbocycles. The summed E-state index contributed by atoms with van der Waals surface area (Å²) in [5.74, 6) is 0.158. The number of rotatable bonds is 2. The molecule has 1 aromatic rings. The first-order chi connectivity index (χ1) is 9.39. The monoisotopic (exact) mass is 298 g/mol. The minimum Gasteiger partial charge on any atom is -0.506 e. The maximum absolute atomic E-state index is 12.5. The SMILES string of the molecule is Nc1cc(S(=O)(=O)N2CC3CCC(O)C3C2)ccc1O. The maximum atomic E-state index is 12.5. The summed E-state index contributed by atoms with van der Waals surface area (Å²) in [4.78, 5) is 0.0854. The Morgan fingerprint density at radius 1 is 1.25 bits per heavy atom. The zero-order valence-corrected chi connectivity index (χ0v) is 11.8. The first-order valence-corrected chi connectivity index (χ1v) is 8.10. The van der Waals surface area contributed by atoms with Crippen LogP contribution in [-0.2, 0) is 10.0 Å². The highest BCUT2D eigenvalue weighted by Gasteiger charge is 2.45. The molecule has 4 N–H and O–H groups in total. The molecular formula is C13H18N2O4S. The van der Waals surface area contributed by atoms with Crippen LogP contribution in [0.25, 0.3) is 0 Å². The van der Waals surface area contributed by atoms with Gasteiger partial charge in [0.25, 0.3) is 0 Å². The number of sulfonamides is 1. The van der Waals surface area contributed by atoms with E-state index in [1.54, 1.807) is 0 Å². The number of anilines is 1. The molecule has 2 aliphatic rings. The van der Waals surface area contributed by atoms with E-state index >= 15 is 0 Å². The second-order valence-corrected chi connectivity index (χ2v) is 7.55. The van der Waals surface area contributed by atoms with E-state index in [-0.39, 0.29) is 28.2 Å². The van der Waals surface area contributed by atoms with Gasteiger partial charge >= 0.3 is 0 Å². The molecule has 1 saturated carbocycles. The predicted molar refractivity (Wildman–Crippen MR) is 73.5 cm³/mol. The van der Waals surface area contributed by atoms with Gasteiger partial charge in [-0.15, -0.1) is 0 Å². The largest absolute Gasteiger partial charge is 0.506 e. The molecule has 3 rings (SSSR count). The molecule has 0 spiro atoms. The minimum atomic E-state index is -3.61. The number of phenolic OH excluding ortho intramolecular Hbond substituents is 1. The summed E-state index contributed by atoms with van der Waals surface area (Å²) >= 11 is 0. The average molecular weight is 298 g/mol. The van der Waals surface area contributed by atoms with Crippen molar-refractivity contribution >= 4 is 15.7 Å². The fourth-order valence-corrected chi connectivity index (χ4v) is 4.80. The van der Waals surface area contributed by atoms with Crippen molar-refractivity contribution in [1.29, 1.82) is 0 Å². The fraction of sp³-hybridized carbons (Fsp3) is 0.538. The second kappa shape index (κ2) is 4.61. The summed E-state index contributed by atoms with van der Waals surface area (Å²) in [7, 11) is -3.61. The first kappa shape index (κ1) is 13.7. The van der Waals surface area contributed by atoms with Crippen LogP contribution in [-0.4, -0.2) is 42.1 Å². The highest BCUT2D eigenvalue weighted by atomic mass is 32.2. The maximum Gasteiger partial charge on any atom is 0.243 e. The predicted octanol–water partition coefficient (Wildman–Crippen LogP) is 0.366. The van der Waals surface area contributed by atoms with Gasteiger partial charge in [0, 0.05) is 19.0 Å². The van der Waals surface area contributed by atoms with Gasteiger partial charge in [-0.05, 0) is 37.0 Å². The van der Waals surface area contributed by atoms with Crippen molar-refractivity contribution in [3.8, 4) is 5.75 Å². The van der Waals surface area contributed by atoms with Crippen LogP contribution >= 0.6 is 0 Å². The van der Waals surface area contributed by atoms with Gasteiger partial charge in [-0.1, -0.05) is 0 Å². The molecule has 7 heteroatoms. The molecule has 6 nitrogen and oxygen atoms in total. The van der Waals surface area contributed by atoms with Crippen LogP contribution in [0.1, 0.15) is 12.8 Å². The molecular weight excluding hydrogens is 280 g/mol. The molecule has 20 heavy (non-hydrogen) atoms. The van der Waals surface area contributed by atoms with Crippen molar-refractivity contribution in [3.05, 3.63) is 18.2 Å². The van der Waals surface area contributed by atoms with Gasteiger partial charge in [0.15, 0.2) is 0 Å². The topological polar surface area (TPSA) is 104 Å². The average Bonchev–Trinajstić information content (AvgIpc) is 2.96. The number of nitrogens with zero attached hydrogens (tertiary/aromatic N) is 1. The number of nitrogen functional groups attached to an aromatic ring is 1. The Balaban J connectivity index is 1.88. The molecule has 3 unspecified atom stereocenters. The molecule has 1 heterocycles. The lowest BCUT2D eigenvalue weighted by Crippen LogP contribution is -2.31. The summed E-state index contributed by atoms with van der Waals surface area (Å²) in [6.45, 7) is 0.805. The lowest BCUT2D eigenvalue weighted by atomic mass is 10.00. The third-order valence-electron chi connectivity index (χ3n) is 4.42. The van der Waals surface area contributed by atoms with Crippen LogP contribution < -0.4 is 5.73 Å². The van der Waals surface area contributed by atoms with E-state index in [0.717, 1.165) is 12.8 Å². The lowest BCUT2D eigenvalue weighted by molar-refractivity contribution is 0.129. The van der Waals surface area contributed by atoms with Gasteiger partial charge in [0.05, 0.1) is 16.7 Å². The molecule has 0 radical (unpaired) electrons. The number of aliphatic hydroxyl groups is 1. The molecule has 1 saturated heterocycles. The molecule has 1 aliphatic heterocycles. The Kier molecular flexibility index (Phi) is 3.15. The Morgan fingerprint density at radius 2 is 2.00 bits per heavy atom. The molecule has 2 fully saturated rings. The van der Waals surface area contributed by atoms with Crippen molar-refractivity contribution < 1.29 is 18.6 Å². The lowest BCUT2D eigenvalue weighted by Gasteiger charge is -2.18. The van der Waals surface area contributed by atoms with Gasteiger partial charge in [-0.3, -0.25) is 0 Å². The molecule has 1 aromatic carbocycles. The van der Waals surface area contributed by atoms with E-state index in [2.05, 4.69) is 0 Å². The van der Waals surface area contributed by atoms with E-state index < -0.39 is 16.1 Å². The Hall–Kier alpha value is -1.31. The van der Waals surface area contributed by atoms with Crippen LogP contribution in [0.3, 0.4) is 0 Å². The number of benzene rings is 1. The molecule has 0 amide bonds. The van der Waals surface area contributed by atoms with Gasteiger partial charge in [0.1, 0.15) is 5.75 Å². The summed E-state index contributed by atoms with van der Waals surface area (Å²) < 4.78 is 26.5. The summed E-state index contributed by atoms with van der Waals surface area (Å²) in [6.07, 6.45) is 1.23. The molecule has 0 bridgehead atoms. The third-order valence-corrected chi connectivity index (χ3v) is 6.25. The second-order valence-electron chi connectivity index (χ2n) is 5.61. The van der Waals surface area contributed by atoms with Crippen molar-refractivity contribution in [2.45, 2.75) is 23.8 Å². The summed E-state index contributed by atoms with van der Waals surface area (Å²) in [5.41, 5.74) is 5.60. The highest BCUT2D eigenvalue weighted by molar-refractivity contribution is 7.89. The van der Waals surface area contributed by atoms with Crippen LogP contribution in [0.4, 0.5) is 5.69 Å². The summed E-state index contributed by atoms with van der Waals surface area (Å²) in [6, 6.07) is 3.91. The Bertz CT molecular complexity index is 631. The number of aliphatic hydroxyl groups excluding tert-OH is 1. The Labute approximate surface area is 117 Å². The van der Waals surface area contributed by atoms with E-state index in [4.69, 9.17) is 5.73 Å². The fourth-order valence-electron chi connectivity index (χ4n) is 3.23. The number of hydrogen-bond acceptors (Lipinski definition) is 5. The number of phenols is 1. The smallest absolute Gasteiger partial charge is 0.243 e. The number of hydrogen-bond donors (Lipinski definition) is 3. The van der Waals surface area contributed by atoms with Gasteiger partial charge in [-0.25, -0.2) is 8.42 Å². The Morgan fingerprint density at radius 3 is 2.65 bits per heavy atom. The highest BCUT2D eigenvalue weighted by Crippen LogP contribution is 2.40. The molecule has 0 aromatic heterocycles. The van der Waals surface area contributed by atoms with Gasteiger partial charge in [0.2, 0.25) is 10.0 Å². The quantitative estimate of drug-likeness (QED) is 0.540. The van der Waals surface area contributed by atoms with E-state index in [9.17, 15) is 18.6 Å². The molecule has 3 atom stereocenters. The zero-order valence-electron chi connectivity index (χ0n) is 10.9. The van der Waals surface area contributed by atoms with Crippen molar-refractivity contribution in [2.24, 2.45) is 11.8 Å². The minimum absolute atomic E-state index is 0.0410. The van der Waals surface area contributed by atoms with Crippen LogP contribution in [0, 0.1) is 11.8 Å². The standard InChI is InChI=1S/C13H18N2O4S/c14-11-5-9(2-4-13(11)17)20(18,19)15-6-8-1-3-12(16)10(8)7-15/h2,4-5,8,10,12,16-17H,1,3,6-7,14H2. The normalized spacial score (nSPS) is 30.6. The number of nitrogens with two attached hydrogens (primary N) is 1. The molecule has 110 valence electrons. The van der Waals surface area contributed by atoms with Crippen LogP contribution in [0.2, 0.25) is 0 Å². The van der Waals surface area contributed by atoms with Crippen molar-refractivity contribution in [1.82, 2.24) is 4.31 Å². The number of aromatic hydroxyl groups is 1. The zero-order chi connectivity index (χ0) is 14.5. The van der Waals surface area contributed by atoms with Crippen LogP contribution in [0.5, 0.6) is 5.75 Å². The number of fused-ring (bicyclic) bond motifs is 1. The van der Waals surface area contributed by atoms with E-state index in [0.29, 0.717) is 13.1 Å². The van der Waals surface area contributed by atoms with Crippen molar-refractivity contribution in [3.63, 3.8) is 0 Å². The van der Waals surface area contributed by atoms with E-state index in [1.807, 2.05) is 0 Å².